The molecule has 104 valence electrons. The molecule has 21 heavy (non-hydrogen) atoms. The van der Waals surface area contributed by atoms with Crippen molar-refractivity contribution in [1.82, 2.24) is 9.97 Å². The second-order valence-corrected chi connectivity index (χ2v) is 4.54. The number of carbonyl (C=O) groups excluding carboxylic acids is 1. The van der Waals surface area contributed by atoms with E-state index in [1.54, 1.807) is 18.2 Å². The van der Waals surface area contributed by atoms with Crippen LogP contribution in [0.5, 0.6) is 0 Å². The van der Waals surface area contributed by atoms with E-state index in [0.29, 0.717) is 29.2 Å². The van der Waals surface area contributed by atoms with Crippen molar-refractivity contribution < 1.29 is 4.79 Å². The van der Waals surface area contributed by atoms with E-state index in [-0.39, 0.29) is 5.71 Å². The topological polar surface area (TPSA) is 108 Å². The van der Waals surface area contributed by atoms with Crippen LogP contribution >= 0.6 is 0 Å². The van der Waals surface area contributed by atoms with Gasteiger partial charge in [0, 0.05) is 16.9 Å². The largest absolute Gasteiger partial charge is 0.398 e. The van der Waals surface area contributed by atoms with Crippen LogP contribution in [0.25, 0.3) is 11.0 Å². The molecule has 0 aliphatic rings. The number of amides is 1. The predicted octanol–water partition coefficient (Wildman–Crippen LogP) is 2.13. The SMILES string of the molecule is N=C(c1nc2ccccc2[nH]1)c1cc(NC=O)ccc1N. The Balaban J connectivity index is 2.04. The minimum Gasteiger partial charge on any atom is -0.398 e. The van der Waals surface area contributed by atoms with Gasteiger partial charge in [-0.1, -0.05) is 12.1 Å². The second kappa shape index (κ2) is 5.09. The zero-order valence-corrected chi connectivity index (χ0v) is 11.1. The number of para-hydroxylation sites is 2. The highest BCUT2D eigenvalue weighted by molar-refractivity contribution is 6.13. The summed E-state index contributed by atoms with van der Waals surface area (Å²) in [5.74, 6) is 0.436. The highest BCUT2D eigenvalue weighted by atomic mass is 16.1. The fraction of sp³-hybridized carbons (Fsp3) is 0. The first-order chi connectivity index (χ1) is 10.2. The summed E-state index contributed by atoms with van der Waals surface area (Å²) >= 11 is 0. The molecule has 1 aromatic heterocycles. The predicted molar refractivity (Wildman–Crippen MR) is 82.6 cm³/mol. The monoisotopic (exact) mass is 279 g/mol. The summed E-state index contributed by atoms with van der Waals surface area (Å²) in [5, 5.41) is 10.8. The number of H-pyrrole nitrogens is 1. The number of anilines is 2. The Kier molecular flexibility index (Phi) is 3.12. The summed E-state index contributed by atoms with van der Waals surface area (Å²) < 4.78 is 0. The average Bonchev–Trinajstić information content (AvgIpc) is 2.93. The Morgan fingerprint density at radius 1 is 1.29 bits per heavy atom. The summed E-state index contributed by atoms with van der Waals surface area (Å²) in [6.45, 7) is 0. The summed E-state index contributed by atoms with van der Waals surface area (Å²) in [4.78, 5) is 18.0. The van der Waals surface area contributed by atoms with Crippen molar-refractivity contribution in [2.24, 2.45) is 0 Å². The van der Waals surface area contributed by atoms with E-state index in [4.69, 9.17) is 11.1 Å². The fourth-order valence-corrected chi connectivity index (χ4v) is 2.13. The molecule has 0 bridgehead atoms. The van der Waals surface area contributed by atoms with Gasteiger partial charge in [0.15, 0.2) is 5.82 Å². The fourth-order valence-electron chi connectivity index (χ4n) is 2.13. The van der Waals surface area contributed by atoms with Crippen molar-refractivity contribution in [3.05, 3.63) is 53.9 Å². The van der Waals surface area contributed by atoms with Crippen LogP contribution in [0, 0.1) is 5.41 Å². The van der Waals surface area contributed by atoms with Crippen molar-refractivity contribution in [2.45, 2.75) is 0 Å². The number of hydrogen-bond acceptors (Lipinski definition) is 4. The van der Waals surface area contributed by atoms with E-state index in [2.05, 4.69) is 15.3 Å². The lowest BCUT2D eigenvalue weighted by Crippen LogP contribution is -2.08. The third-order valence-electron chi connectivity index (χ3n) is 3.17. The van der Waals surface area contributed by atoms with Gasteiger partial charge in [-0.15, -0.1) is 0 Å². The molecule has 1 amide bonds. The summed E-state index contributed by atoms with van der Waals surface area (Å²) in [5.41, 5.74) is 9.30. The maximum Gasteiger partial charge on any atom is 0.211 e. The Morgan fingerprint density at radius 2 is 2.10 bits per heavy atom. The van der Waals surface area contributed by atoms with E-state index < -0.39 is 0 Å². The van der Waals surface area contributed by atoms with Crippen molar-refractivity contribution in [3.63, 3.8) is 0 Å². The number of nitrogens with one attached hydrogen (secondary N) is 3. The molecule has 0 atom stereocenters. The van der Waals surface area contributed by atoms with E-state index in [0.717, 1.165) is 11.0 Å². The summed E-state index contributed by atoms with van der Waals surface area (Å²) in [7, 11) is 0. The third-order valence-corrected chi connectivity index (χ3v) is 3.17. The van der Waals surface area contributed by atoms with Crippen molar-refractivity contribution in [3.8, 4) is 0 Å². The van der Waals surface area contributed by atoms with Gasteiger partial charge in [0.1, 0.15) is 5.71 Å². The van der Waals surface area contributed by atoms with Gasteiger partial charge in [0.05, 0.1) is 11.0 Å². The minimum absolute atomic E-state index is 0.179. The molecule has 6 nitrogen and oxygen atoms in total. The number of fused-ring (bicyclic) bond motifs is 1. The maximum atomic E-state index is 10.5. The normalized spacial score (nSPS) is 10.5. The lowest BCUT2D eigenvalue weighted by Gasteiger charge is -2.07. The molecule has 0 saturated heterocycles. The Labute approximate surface area is 120 Å². The Bertz CT molecular complexity index is 804. The Morgan fingerprint density at radius 3 is 2.86 bits per heavy atom. The van der Waals surface area contributed by atoms with Crippen LogP contribution in [0.1, 0.15) is 11.4 Å². The molecule has 0 aliphatic carbocycles. The molecule has 3 rings (SSSR count). The molecule has 1 heterocycles. The molecule has 0 saturated carbocycles. The number of nitrogens with two attached hydrogens (primary N) is 1. The molecule has 2 aromatic carbocycles. The molecule has 0 unspecified atom stereocenters. The van der Waals surface area contributed by atoms with Crippen LogP contribution in [-0.2, 0) is 4.79 Å². The van der Waals surface area contributed by atoms with Gasteiger partial charge in [0.25, 0.3) is 0 Å². The van der Waals surface area contributed by atoms with Gasteiger partial charge in [-0.05, 0) is 30.3 Å². The molecule has 0 radical (unpaired) electrons. The van der Waals surface area contributed by atoms with Crippen molar-refractivity contribution in [1.29, 1.82) is 5.41 Å². The van der Waals surface area contributed by atoms with Crippen LogP contribution in [0.4, 0.5) is 11.4 Å². The molecular formula is C15H13N5O. The molecule has 3 aromatic rings. The first-order valence-corrected chi connectivity index (χ1v) is 6.33. The molecule has 0 aliphatic heterocycles. The zero-order chi connectivity index (χ0) is 14.8. The lowest BCUT2D eigenvalue weighted by atomic mass is 10.1. The third kappa shape index (κ3) is 2.34. The summed E-state index contributed by atoms with van der Waals surface area (Å²) in [6, 6.07) is 12.5. The molecule has 6 heteroatoms. The van der Waals surface area contributed by atoms with Gasteiger partial charge in [-0.3, -0.25) is 10.2 Å². The molecule has 0 spiro atoms. The Hall–Kier alpha value is -3.15. The number of imidazole rings is 1. The number of aromatic nitrogens is 2. The average molecular weight is 279 g/mol. The van der Waals surface area contributed by atoms with Gasteiger partial charge < -0.3 is 16.0 Å². The first kappa shape index (κ1) is 12.9. The number of carbonyl (C=O) groups is 1. The standard InChI is InChI=1S/C15H13N5O/c16-11-6-5-9(18-8-21)7-10(11)14(17)15-19-12-3-1-2-4-13(12)20-15/h1-8,17H,16H2,(H,18,21)(H,19,20). The highest BCUT2D eigenvalue weighted by Gasteiger charge is 2.13. The number of nitrogens with zero attached hydrogens (tertiary/aromatic N) is 1. The smallest absolute Gasteiger partial charge is 0.211 e. The van der Waals surface area contributed by atoms with Crippen LogP contribution in [0.2, 0.25) is 0 Å². The number of benzene rings is 2. The number of hydrogen-bond donors (Lipinski definition) is 4. The van der Waals surface area contributed by atoms with Gasteiger partial charge in [-0.2, -0.15) is 0 Å². The van der Waals surface area contributed by atoms with Gasteiger partial charge in [-0.25, -0.2) is 4.98 Å². The molecule has 0 fully saturated rings. The minimum atomic E-state index is 0.179. The van der Waals surface area contributed by atoms with E-state index in [9.17, 15) is 4.79 Å². The van der Waals surface area contributed by atoms with Crippen molar-refractivity contribution >= 4 is 34.5 Å². The van der Waals surface area contributed by atoms with Crippen LogP contribution in [-0.4, -0.2) is 22.1 Å². The van der Waals surface area contributed by atoms with Crippen molar-refractivity contribution in [2.75, 3.05) is 11.1 Å². The quantitative estimate of drug-likeness (QED) is 0.334. The first-order valence-electron chi connectivity index (χ1n) is 6.33. The van der Waals surface area contributed by atoms with E-state index in [1.165, 1.54) is 0 Å². The van der Waals surface area contributed by atoms with Crippen LogP contribution < -0.4 is 11.1 Å². The number of rotatable bonds is 4. The van der Waals surface area contributed by atoms with Gasteiger partial charge in [0.2, 0.25) is 6.41 Å². The van der Waals surface area contributed by atoms with E-state index >= 15 is 0 Å². The maximum absolute atomic E-state index is 10.5. The van der Waals surface area contributed by atoms with E-state index in [1.807, 2.05) is 24.3 Å². The van der Waals surface area contributed by atoms with Gasteiger partial charge >= 0.3 is 0 Å². The summed E-state index contributed by atoms with van der Waals surface area (Å²) in [6.07, 6.45) is 0.583. The molecular weight excluding hydrogens is 266 g/mol. The second-order valence-electron chi connectivity index (χ2n) is 4.54. The highest BCUT2D eigenvalue weighted by Crippen LogP contribution is 2.21. The molecule has 5 N–H and O–H groups in total. The lowest BCUT2D eigenvalue weighted by molar-refractivity contribution is -0.105. The zero-order valence-electron chi connectivity index (χ0n) is 11.1. The van der Waals surface area contributed by atoms with Crippen LogP contribution in [0.15, 0.2) is 42.5 Å². The van der Waals surface area contributed by atoms with Crippen LogP contribution in [0.3, 0.4) is 0 Å². The number of nitrogen functional groups attached to an aromatic ring is 1. The number of aromatic amines is 1.